The van der Waals surface area contributed by atoms with Gasteiger partial charge in [-0.05, 0) is 30.3 Å². The number of carbonyl (C=O) groups is 2. The summed E-state index contributed by atoms with van der Waals surface area (Å²) in [6, 6.07) is 15.6. The second-order valence-electron chi connectivity index (χ2n) is 5.23. The van der Waals surface area contributed by atoms with Crippen LogP contribution < -0.4 is 10.1 Å². The predicted octanol–water partition coefficient (Wildman–Crippen LogP) is 2.95. The van der Waals surface area contributed by atoms with Crippen LogP contribution in [0.2, 0.25) is 5.02 Å². The highest BCUT2D eigenvalue weighted by Crippen LogP contribution is 2.19. The Morgan fingerprint density at radius 3 is 2.63 bits per heavy atom. The van der Waals surface area contributed by atoms with Crippen LogP contribution in [0, 0.1) is 0 Å². The third-order valence-electron chi connectivity index (χ3n) is 3.21. The van der Waals surface area contributed by atoms with Crippen LogP contribution in [0.15, 0.2) is 59.0 Å². The van der Waals surface area contributed by atoms with E-state index in [2.05, 4.69) is 15.5 Å². The molecular formula is C18H14ClN3O5. The van der Waals surface area contributed by atoms with Crippen molar-refractivity contribution >= 4 is 29.5 Å². The Balaban J connectivity index is 1.43. The van der Waals surface area contributed by atoms with Crippen molar-refractivity contribution in [1.29, 1.82) is 0 Å². The maximum atomic E-state index is 11.8. The zero-order valence-electron chi connectivity index (χ0n) is 13.9. The molecule has 3 aromatic rings. The summed E-state index contributed by atoms with van der Waals surface area (Å²) in [4.78, 5) is 23.4. The number of nitrogens with zero attached hydrogens (tertiary/aromatic N) is 2. The molecule has 0 saturated heterocycles. The van der Waals surface area contributed by atoms with Gasteiger partial charge in [-0.25, -0.2) is 4.79 Å². The topological polar surface area (TPSA) is 104 Å². The van der Waals surface area contributed by atoms with E-state index in [1.165, 1.54) is 0 Å². The van der Waals surface area contributed by atoms with E-state index in [0.29, 0.717) is 10.8 Å². The third kappa shape index (κ3) is 5.55. The largest absolute Gasteiger partial charge is 0.482 e. The van der Waals surface area contributed by atoms with E-state index in [1.54, 1.807) is 36.4 Å². The standard InChI is InChI=1S/C18H14ClN3O5/c19-13-7-4-8-14(9-13)25-11-16(24)26-10-15(23)20-18-22-21-17(27-18)12-5-2-1-3-6-12/h1-9H,10-11H2,(H,20,22,23). The molecule has 0 saturated carbocycles. The molecular weight excluding hydrogens is 374 g/mol. The lowest BCUT2D eigenvalue weighted by Crippen LogP contribution is -2.23. The Morgan fingerprint density at radius 1 is 1.04 bits per heavy atom. The second-order valence-corrected chi connectivity index (χ2v) is 5.67. The van der Waals surface area contributed by atoms with Gasteiger partial charge >= 0.3 is 12.0 Å². The molecule has 8 nitrogen and oxygen atoms in total. The van der Waals surface area contributed by atoms with Crippen LogP contribution in [-0.2, 0) is 14.3 Å². The van der Waals surface area contributed by atoms with Crippen LogP contribution in [0.1, 0.15) is 0 Å². The van der Waals surface area contributed by atoms with Crippen LogP contribution in [0.3, 0.4) is 0 Å². The summed E-state index contributed by atoms with van der Waals surface area (Å²) < 4.78 is 15.4. The second kappa shape index (κ2) is 8.81. The minimum absolute atomic E-state index is 0.0925. The summed E-state index contributed by atoms with van der Waals surface area (Å²) in [5.41, 5.74) is 0.718. The fraction of sp³-hybridized carbons (Fsp3) is 0.111. The van der Waals surface area contributed by atoms with E-state index in [4.69, 9.17) is 25.5 Å². The number of hydrogen-bond acceptors (Lipinski definition) is 7. The SMILES string of the molecule is O=C(COC(=O)COc1cccc(Cl)c1)Nc1nnc(-c2ccccc2)o1. The van der Waals surface area contributed by atoms with E-state index in [-0.39, 0.29) is 18.5 Å². The highest BCUT2D eigenvalue weighted by molar-refractivity contribution is 6.30. The molecule has 1 heterocycles. The number of hydrogen-bond donors (Lipinski definition) is 1. The fourth-order valence-electron chi connectivity index (χ4n) is 2.01. The van der Waals surface area contributed by atoms with Gasteiger partial charge in [0.2, 0.25) is 5.89 Å². The molecule has 27 heavy (non-hydrogen) atoms. The Morgan fingerprint density at radius 2 is 1.85 bits per heavy atom. The molecule has 0 bridgehead atoms. The fourth-order valence-corrected chi connectivity index (χ4v) is 2.19. The van der Waals surface area contributed by atoms with Crippen LogP contribution in [0.5, 0.6) is 5.75 Å². The van der Waals surface area contributed by atoms with Gasteiger partial charge in [0.05, 0.1) is 0 Å². The monoisotopic (exact) mass is 387 g/mol. The molecule has 138 valence electrons. The Kier molecular flexibility index (Phi) is 6.01. The van der Waals surface area contributed by atoms with Gasteiger partial charge in [0.1, 0.15) is 5.75 Å². The minimum atomic E-state index is -0.708. The lowest BCUT2D eigenvalue weighted by atomic mass is 10.2. The molecule has 0 spiro atoms. The summed E-state index contributed by atoms with van der Waals surface area (Å²) in [5, 5.41) is 10.4. The Labute approximate surface area is 159 Å². The number of anilines is 1. The number of amides is 1. The number of aromatic nitrogens is 2. The first-order valence-corrected chi connectivity index (χ1v) is 8.21. The van der Waals surface area contributed by atoms with Gasteiger partial charge in [0.25, 0.3) is 5.91 Å². The van der Waals surface area contributed by atoms with Gasteiger partial charge in [-0.15, -0.1) is 5.10 Å². The number of ether oxygens (including phenoxy) is 2. The molecule has 1 N–H and O–H groups in total. The molecule has 0 aliphatic heterocycles. The van der Waals surface area contributed by atoms with Gasteiger partial charge in [0, 0.05) is 10.6 Å². The van der Waals surface area contributed by atoms with Crippen molar-refractivity contribution in [2.75, 3.05) is 18.5 Å². The highest BCUT2D eigenvalue weighted by atomic mass is 35.5. The number of carbonyl (C=O) groups excluding carboxylic acids is 2. The van der Waals surface area contributed by atoms with Crippen LogP contribution in [0.4, 0.5) is 6.01 Å². The molecule has 9 heteroatoms. The van der Waals surface area contributed by atoms with Gasteiger partial charge < -0.3 is 13.9 Å². The summed E-state index contributed by atoms with van der Waals surface area (Å²) in [7, 11) is 0. The van der Waals surface area contributed by atoms with Crippen molar-refractivity contribution in [3.8, 4) is 17.2 Å². The first-order valence-electron chi connectivity index (χ1n) is 7.83. The highest BCUT2D eigenvalue weighted by Gasteiger charge is 2.13. The normalized spacial score (nSPS) is 10.3. The Bertz CT molecular complexity index is 930. The van der Waals surface area contributed by atoms with Crippen molar-refractivity contribution in [1.82, 2.24) is 10.2 Å². The van der Waals surface area contributed by atoms with E-state index in [0.717, 1.165) is 5.56 Å². The summed E-state index contributed by atoms with van der Waals surface area (Å²) in [5.74, 6) is -0.643. The van der Waals surface area contributed by atoms with Crippen molar-refractivity contribution in [2.45, 2.75) is 0 Å². The smallest absolute Gasteiger partial charge is 0.344 e. The van der Waals surface area contributed by atoms with Crippen LogP contribution in [-0.4, -0.2) is 35.3 Å². The summed E-state index contributed by atoms with van der Waals surface area (Å²) in [6.45, 7) is -0.868. The average Bonchev–Trinajstić information content (AvgIpc) is 3.14. The van der Waals surface area contributed by atoms with Crippen LogP contribution in [0.25, 0.3) is 11.5 Å². The summed E-state index contributed by atoms with van der Waals surface area (Å²) >= 11 is 5.81. The first kappa shape index (κ1) is 18.4. The van der Waals surface area contributed by atoms with Gasteiger partial charge in [-0.3, -0.25) is 10.1 Å². The van der Waals surface area contributed by atoms with E-state index >= 15 is 0 Å². The molecule has 3 rings (SSSR count). The average molecular weight is 388 g/mol. The molecule has 2 aromatic carbocycles. The third-order valence-corrected chi connectivity index (χ3v) is 3.44. The molecule has 0 atom stereocenters. The van der Waals surface area contributed by atoms with Gasteiger partial charge in [-0.2, -0.15) is 0 Å². The maximum absolute atomic E-state index is 11.8. The number of nitrogens with one attached hydrogen (secondary N) is 1. The lowest BCUT2D eigenvalue weighted by Gasteiger charge is -2.06. The van der Waals surface area contributed by atoms with Crippen molar-refractivity contribution in [3.05, 3.63) is 59.6 Å². The number of rotatable bonds is 7. The first-order chi connectivity index (χ1) is 13.1. The number of halogens is 1. The van der Waals surface area contributed by atoms with Crippen LogP contribution >= 0.6 is 11.6 Å². The molecule has 0 aliphatic carbocycles. The van der Waals surface area contributed by atoms with Gasteiger partial charge in [-0.1, -0.05) is 41.0 Å². The minimum Gasteiger partial charge on any atom is -0.482 e. The maximum Gasteiger partial charge on any atom is 0.344 e. The molecule has 0 unspecified atom stereocenters. The zero-order chi connectivity index (χ0) is 19.1. The zero-order valence-corrected chi connectivity index (χ0v) is 14.7. The number of benzene rings is 2. The number of esters is 1. The molecule has 0 aliphatic rings. The summed E-state index contributed by atoms with van der Waals surface area (Å²) in [6.07, 6.45) is 0. The van der Waals surface area contributed by atoms with Crippen molar-refractivity contribution in [3.63, 3.8) is 0 Å². The van der Waals surface area contributed by atoms with E-state index in [9.17, 15) is 9.59 Å². The van der Waals surface area contributed by atoms with Crippen molar-refractivity contribution < 1.29 is 23.5 Å². The van der Waals surface area contributed by atoms with E-state index in [1.807, 2.05) is 18.2 Å². The van der Waals surface area contributed by atoms with Crippen molar-refractivity contribution in [2.24, 2.45) is 0 Å². The lowest BCUT2D eigenvalue weighted by molar-refractivity contribution is -0.149. The molecule has 0 radical (unpaired) electrons. The molecule has 0 fully saturated rings. The quantitative estimate of drug-likeness (QED) is 0.621. The van der Waals surface area contributed by atoms with Gasteiger partial charge in [0.15, 0.2) is 13.2 Å². The Hall–Kier alpha value is -3.39. The predicted molar refractivity (Wildman–Crippen MR) is 96.3 cm³/mol. The van der Waals surface area contributed by atoms with E-state index < -0.39 is 18.5 Å². The molecule has 1 amide bonds. The molecule has 1 aromatic heterocycles.